The Labute approximate surface area is 154 Å². The molecule has 0 bridgehead atoms. The third-order valence-corrected chi connectivity index (χ3v) is 5.42. The van der Waals surface area contributed by atoms with Crippen molar-refractivity contribution in [3.63, 3.8) is 0 Å². The zero-order valence-corrected chi connectivity index (χ0v) is 16.4. The smallest absolute Gasteiger partial charge is 0.335 e. The van der Waals surface area contributed by atoms with Crippen LogP contribution in [0.2, 0.25) is 0 Å². The molecule has 140 valence electrons. The monoisotopic (exact) mass is 376 g/mol. The number of azo groups is 1. The fraction of sp³-hybridized carbons (Fsp3) is 0.368. The summed E-state index contributed by atoms with van der Waals surface area (Å²) < 4.78 is 24.1. The molecule has 6 nitrogen and oxygen atoms in total. The van der Waals surface area contributed by atoms with E-state index in [0.29, 0.717) is 11.3 Å². The number of phenols is 1. The Morgan fingerprint density at radius 3 is 2.08 bits per heavy atom. The van der Waals surface area contributed by atoms with E-state index < -0.39 is 7.60 Å². The first-order chi connectivity index (χ1) is 12.3. The van der Waals surface area contributed by atoms with E-state index in [1.165, 1.54) is 6.07 Å². The minimum absolute atomic E-state index is 0.0172. The van der Waals surface area contributed by atoms with Crippen LogP contribution >= 0.6 is 7.60 Å². The van der Waals surface area contributed by atoms with Gasteiger partial charge in [0.25, 0.3) is 0 Å². The summed E-state index contributed by atoms with van der Waals surface area (Å²) in [7, 11) is -3.41. The van der Waals surface area contributed by atoms with Crippen molar-refractivity contribution in [2.24, 2.45) is 10.2 Å². The molecule has 0 radical (unpaired) electrons. The lowest BCUT2D eigenvalue weighted by molar-refractivity contribution is 0.141. The van der Waals surface area contributed by atoms with Gasteiger partial charge in [0.15, 0.2) is 0 Å². The van der Waals surface area contributed by atoms with E-state index in [2.05, 4.69) is 10.2 Å². The molecule has 0 amide bonds. The van der Waals surface area contributed by atoms with Crippen LogP contribution in [-0.2, 0) is 19.8 Å². The molecule has 26 heavy (non-hydrogen) atoms. The molecule has 0 fully saturated rings. The average Bonchev–Trinajstić information content (AvgIpc) is 2.54. The first kappa shape index (κ1) is 20.3. The number of aromatic hydroxyl groups is 1. The molecule has 0 unspecified atom stereocenters. The molecular formula is C19H25N2O4P. The van der Waals surface area contributed by atoms with Crippen molar-refractivity contribution in [1.82, 2.24) is 0 Å². The van der Waals surface area contributed by atoms with Crippen LogP contribution in [0, 0.1) is 0 Å². The van der Waals surface area contributed by atoms with E-state index >= 15 is 0 Å². The third-order valence-electron chi connectivity index (χ3n) is 3.21. The maximum atomic E-state index is 13.0. The molecule has 1 N–H and O–H groups in total. The maximum Gasteiger partial charge on any atom is 0.335 e. The van der Waals surface area contributed by atoms with E-state index in [1.54, 1.807) is 39.8 Å². The second kappa shape index (κ2) is 9.08. The predicted octanol–water partition coefficient (Wildman–Crippen LogP) is 6.35. The lowest BCUT2D eigenvalue weighted by Gasteiger charge is -2.23. The molecule has 0 atom stereocenters. The first-order valence-electron chi connectivity index (χ1n) is 8.52. The van der Waals surface area contributed by atoms with Gasteiger partial charge in [0.05, 0.1) is 29.7 Å². The summed E-state index contributed by atoms with van der Waals surface area (Å²) in [6.45, 7) is 7.17. The number of benzene rings is 2. The molecule has 0 heterocycles. The van der Waals surface area contributed by atoms with Crippen molar-refractivity contribution in [1.29, 1.82) is 0 Å². The van der Waals surface area contributed by atoms with Gasteiger partial charge in [-0.15, -0.1) is 0 Å². The second-order valence-corrected chi connectivity index (χ2v) is 8.39. The fourth-order valence-electron chi connectivity index (χ4n) is 2.32. The van der Waals surface area contributed by atoms with Crippen LogP contribution in [-0.4, -0.2) is 17.3 Å². The van der Waals surface area contributed by atoms with Gasteiger partial charge < -0.3 is 14.2 Å². The van der Waals surface area contributed by atoms with Crippen LogP contribution in [0.3, 0.4) is 0 Å². The van der Waals surface area contributed by atoms with Crippen LogP contribution in [0.25, 0.3) is 0 Å². The highest BCUT2D eigenvalue weighted by Crippen LogP contribution is 2.54. The lowest BCUT2D eigenvalue weighted by atomic mass is 10.2. The molecule has 0 aliphatic rings. The highest BCUT2D eigenvalue weighted by Gasteiger charge is 2.29. The largest absolute Gasteiger partial charge is 0.508 e. The van der Waals surface area contributed by atoms with E-state index in [0.717, 1.165) is 5.69 Å². The summed E-state index contributed by atoms with van der Waals surface area (Å²) in [5.74, 6) is 0.0172. The van der Waals surface area contributed by atoms with Gasteiger partial charge in [-0.25, -0.2) is 0 Å². The van der Waals surface area contributed by atoms with Crippen molar-refractivity contribution in [3.05, 3.63) is 54.1 Å². The van der Waals surface area contributed by atoms with Crippen LogP contribution < -0.4 is 0 Å². The fourth-order valence-corrected chi connectivity index (χ4v) is 4.48. The molecule has 0 aliphatic heterocycles. The van der Waals surface area contributed by atoms with E-state index in [-0.39, 0.29) is 24.1 Å². The quantitative estimate of drug-likeness (QED) is 0.430. The highest BCUT2D eigenvalue weighted by atomic mass is 31.2. The Hall–Kier alpha value is -2.01. The summed E-state index contributed by atoms with van der Waals surface area (Å²) in [5.41, 5.74) is 1.71. The Kier molecular flexibility index (Phi) is 7.09. The lowest BCUT2D eigenvalue weighted by Crippen LogP contribution is -2.09. The van der Waals surface area contributed by atoms with Crippen molar-refractivity contribution in [3.8, 4) is 5.75 Å². The minimum Gasteiger partial charge on any atom is -0.508 e. The summed E-state index contributed by atoms with van der Waals surface area (Å²) in [6.07, 6.45) is -0.561. The molecule has 0 saturated carbocycles. The average molecular weight is 376 g/mol. The van der Waals surface area contributed by atoms with Crippen LogP contribution in [0.15, 0.2) is 58.8 Å². The van der Waals surface area contributed by atoms with E-state index in [9.17, 15) is 9.67 Å². The second-order valence-electron chi connectivity index (χ2n) is 6.43. The van der Waals surface area contributed by atoms with Gasteiger partial charge in [-0.05, 0) is 58.0 Å². The van der Waals surface area contributed by atoms with Crippen molar-refractivity contribution < 1.29 is 18.7 Å². The van der Waals surface area contributed by atoms with Crippen molar-refractivity contribution in [2.45, 2.75) is 46.1 Å². The van der Waals surface area contributed by atoms with Crippen LogP contribution in [0.4, 0.5) is 11.4 Å². The standard InChI is InChI=1S/C19H25N2O4P/c1-14(2)24-26(23,25-15(3)4)13-16-12-18(10-11-19(16)22)21-20-17-8-6-5-7-9-17/h5-12,14-15,22H,13H2,1-4H3. The Balaban J connectivity index is 2.25. The molecule has 0 aromatic heterocycles. The number of phenolic OH excluding ortho intramolecular Hbond substituents is 1. The molecular weight excluding hydrogens is 351 g/mol. The van der Waals surface area contributed by atoms with Gasteiger partial charge >= 0.3 is 7.60 Å². The molecule has 0 spiro atoms. The summed E-state index contributed by atoms with van der Waals surface area (Å²) >= 11 is 0. The first-order valence-corrected chi connectivity index (χ1v) is 10.2. The van der Waals surface area contributed by atoms with Gasteiger partial charge in [-0.2, -0.15) is 10.2 Å². The van der Waals surface area contributed by atoms with Gasteiger partial charge in [0.2, 0.25) is 0 Å². The Bertz CT molecular complexity index is 777. The zero-order chi connectivity index (χ0) is 19.2. The summed E-state index contributed by atoms with van der Waals surface area (Å²) in [5, 5.41) is 18.5. The third kappa shape index (κ3) is 6.37. The van der Waals surface area contributed by atoms with Gasteiger partial charge in [0, 0.05) is 5.56 Å². The molecule has 2 rings (SSSR count). The number of hydrogen-bond donors (Lipinski definition) is 1. The summed E-state index contributed by atoms with van der Waals surface area (Å²) in [4.78, 5) is 0. The molecule has 0 aliphatic carbocycles. The Morgan fingerprint density at radius 1 is 0.923 bits per heavy atom. The molecule has 7 heteroatoms. The predicted molar refractivity (Wildman–Crippen MR) is 102 cm³/mol. The number of rotatable bonds is 8. The zero-order valence-electron chi connectivity index (χ0n) is 15.5. The molecule has 2 aromatic rings. The Morgan fingerprint density at radius 2 is 1.50 bits per heavy atom. The van der Waals surface area contributed by atoms with Gasteiger partial charge in [0.1, 0.15) is 5.75 Å². The van der Waals surface area contributed by atoms with E-state index in [4.69, 9.17) is 9.05 Å². The van der Waals surface area contributed by atoms with Gasteiger partial charge in [-0.1, -0.05) is 18.2 Å². The highest BCUT2D eigenvalue weighted by molar-refractivity contribution is 7.53. The summed E-state index contributed by atoms with van der Waals surface area (Å²) in [6, 6.07) is 14.1. The van der Waals surface area contributed by atoms with Crippen LogP contribution in [0.1, 0.15) is 33.3 Å². The normalized spacial score (nSPS) is 12.4. The number of nitrogens with zero attached hydrogens (tertiary/aromatic N) is 2. The van der Waals surface area contributed by atoms with Crippen LogP contribution in [0.5, 0.6) is 5.75 Å². The molecule has 2 aromatic carbocycles. The minimum atomic E-state index is -3.41. The SMILES string of the molecule is CC(C)OP(=O)(Cc1cc(N=Nc2ccccc2)ccc1O)OC(C)C. The van der Waals surface area contributed by atoms with Crippen molar-refractivity contribution in [2.75, 3.05) is 0 Å². The van der Waals surface area contributed by atoms with Gasteiger partial charge in [-0.3, -0.25) is 4.57 Å². The molecule has 0 saturated heterocycles. The maximum absolute atomic E-state index is 13.0. The topological polar surface area (TPSA) is 80.5 Å². The van der Waals surface area contributed by atoms with E-state index in [1.807, 2.05) is 30.3 Å². The van der Waals surface area contributed by atoms with Crippen molar-refractivity contribution >= 4 is 19.0 Å². The number of hydrogen-bond acceptors (Lipinski definition) is 6.